The lowest BCUT2D eigenvalue weighted by Gasteiger charge is -2.32. The molecule has 37 heavy (non-hydrogen) atoms. The minimum atomic E-state index is -0.0896. The number of amides is 1. The zero-order valence-corrected chi connectivity index (χ0v) is 23.0. The van der Waals surface area contributed by atoms with Gasteiger partial charge in [0, 0.05) is 52.8 Å². The van der Waals surface area contributed by atoms with E-state index in [0.29, 0.717) is 30.5 Å². The van der Waals surface area contributed by atoms with Crippen LogP contribution >= 0.6 is 11.3 Å². The van der Waals surface area contributed by atoms with Gasteiger partial charge in [-0.3, -0.25) is 14.5 Å². The zero-order chi connectivity index (χ0) is 26.1. The zero-order valence-electron chi connectivity index (χ0n) is 22.2. The monoisotopic (exact) mass is 520 g/mol. The van der Waals surface area contributed by atoms with Crippen molar-refractivity contribution in [2.75, 3.05) is 26.7 Å². The summed E-state index contributed by atoms with van der Waals surface area (Å²) in [5.41, 5.74) is 5.66. The third-order valence-corrected chi connectivity index (χ3v) is 9.24. The second-order valence-corrected chi connectivity index (χ2v) is 11.7. The van der Waals surface area contributed by atoms with Gasteiger partial charge in [0.1, 0.15) is 0 Å². The number of pyridine rings is 2. The molecule has 196 valence electrons. The number of nitrogens with zero attached hydrogens (tertiary/aromatic N) is 3. The minimum absolute atomic E-state index is 0.0724. The molecule has 0 aromatic carbocycles. The first-order valence-electron chi connectivity index (χ1n) is 13.1. The molecule has 1 saturated heterocycles. The third-order valence-electron chi connectivity index (χ3n) is 7.87. The number of thiophene rings is 1. The molecule has 2 aliphatic heterocycles. The van der Waals surface area contributed by atoms with Gasteiger partial charge in [-0.1, -0.05) is 0 Å². The number of aromatic amines is 1. The summed E-state index contributed by atoms with van der Waals surface area (Å²) < 4.78 is 5.26. The molecule has 0 saturated carbocycles. The number of methoxy groups -OCH3 is 1. The number of hydrogen-bond acceptors (Lipinski definition) is 6. The van der Waals surface area contributed by atoms with Crippen molar-refractivity contribution in [2.45, 2.75) is 59.5 Å². The Morgan fingerprint density at radius 1 is 1.11 bits per heavy atom. The number of fused-ring (bicyclic) bond motifs is 1. The second-order valence-electron chi connectivity index (χ2n) is 10.5. The highest BCUT2D eigenvalue weighted by atomic mass is 32.1. The van der Waals surface area contributed by atoms with E-state index >= 15 is 0 Å². The average Bonchev–Trinajstić information content (AvgIpc) is 3.19. The second kappa shape index (κ2) is 10.8. The van der Waals surface area contributed by atoms with Gasteiger partial charge in [0.05, 0.1) is 19.2 Å². The summed E-state index contributed by atoms with van der Waals surface area (Å²) in [5.74, 6) is 1.38. The molecule has 8 heteroatoms. The van der Waals surface area contributed by atoms with E-state index in [1.165, 1.54) is 28.2 Å². The lowest BCUT2D eigenvalue weighted by molar-refractivity contribution is 0.0727. The number of rotatable bonds is 7. The van der Waals surface area contributed by atoms with Crippen molar-refractivity contribution < 1.29 is 9.53 Å². The van der Waals surface area contributed by atoms with Crippen molar-refractivity contribution in [3.8, 4) is 5.88 Å². The van der Waals surface area contributed by atoms with Crippen LogP contribution in [0.2, 0.25) is 0 Å². The van der Waals surface area contributed by atoms with E-state index in [9.17, 15) is 9.59 Å². The maximum absolute atomic E-state index is 13.5. The van der Waals surface area contributed by atoms with Crippen LogP contribution < -0.4 is 10.3 Å². The van der Waals surface area contributed by atoms with Gasteiger partial charge < -0.3 is 14.6 Å². The molecule has 0 bridgehead atoms. The highest BCUT2D eigenvalue weighted by Gasteiger charge is 2.31. The predicted molar refractivity (Wildman–Crippen MR) is 147 cm³/mol. The standard InChI is InChI=1S/C29H36N4O3S/c1-18-13-19(2)31-28(34)23(18)17-33-12-8-24-27(29(33)35)20(3)25(37-24)14-21-6-10-32(11-7-21)16-22-5-9-30-26(15-22)36-4/h5,9,13,15,21H,6-8,10-12,14,16-17H2,1-4H3,(H,31,34). The summed E-state index contributed by atoms with van der Waals surface area (Å²) in [6.45, 7) is 10.1. The summed E-state index contributed by atoms with van der Waals surface area (Å²) in [6, 6.07) is 6.05. The molecule has 7 nitrogen and oxygen atoms in total. The van der Waals surface area contributed by atoms with E-state index in [0.717, 1.165) is 54.9 Å². The van der Waals surface area contributed by atoms with Crippen LogP contribution in [0.4, 0.5) is 0 Å². The van der Waals surface area contributed by atoms with E-state index in [4.69, 9.17) is 4.74 Å². The maximum atomic E-state index is 13.5. The van der Waals surface area contributed by atoms with Crippen LogP contribution in [0, 0.1) is 26.7 Å². The van der Waals surface area contributed by atoms with Crippen LogP contribution in [-0.2, 0) is 25.9 Å². The first-order valence-corrected chi connectivity index (χ1v) is 13.9. The molecule has 2 aliphatic rings. The summed E-state index contributed by atoms with van der Waals surface area (Å²) in [6.07, 6.45) is 6.05. The number of carbonyl (C=O) groups excluding carboxylic acids is 1. The molecule has 0 spiro atoms. The molecule has 3 aromatic rings. The fraction of sp³-hybridized carbons (Fsp3) is 0.483. The lowest BCUT2D eigenvalue weighted by atomic mass is 9.91. The van der Waals surface area contributed by atoms with Gasteiger partial charge in [0.25, 0.3) is 11.5 Å². The average molecular weight is 521 g/mol. The molecule has 1 amide bonds. The molecular weight excluding hydrogens is 484 g/mol. The quantitative estimate of drug-likeness (QED) is 0.499. The van der Waals surface area contributed by atoms with Crippen molar-refractivity contribution >= 4 is 17.2 Å². The Balaban J connectivity index is 1.22. The molecule has 5 heterocycles. The molecule has 3 aromatic heterocycles. The van der Waals surface area contributed by atoms with Gasteiger partial charge in [-0.2, -0.15) is 0 Å². The summed E-state index contributed by atoms with van der Waals surface area (Å²) in [5, 5.41) is 0. The Bertz CT molecular complexity index is 1350. The summed E-state index contributed by atoms with van der Waals surface area (Å²) in [4.78, 5) is 40.1. The van der Waals surface area contributed by atoms with Crippen molar-refractivity contribution in [1.29, 1.82) is 0 Å². The van der Waals surface area contributed by atoms with Gasteiger partial charge in [-0.15, -0.1) is 11.3 Å². The van der Waals surface area contributed by atoms with Crippen LogP contribution in [0.1, 0.15) is 60.9 Å². The van der Waals surface area contributed by atoms with E-state index in [-0.39, 0.29) is 11.5 Å². The SMILES string of the molecule is COc1cc(CN2CCC(Cc3sc4c(c3C)C(=O)N(Cc3c(C)cc(C)[nH]c3=O)CC4)CC2)ccn1. The smallest absolute Gasteiger partial charge is 0.255 e. The number of nitrogens with one attached hydrogen (secondary N) is 1. The molecule has 1 fully saturated rings. The summed E-state index contributed by atoms with van der Waals surface area (Å²) >= 11 is 1.83. The van der Waals surface area contributed by atoms with E-state index in [2.05, 4.69) is 27.9 Å². The third kappa shape index (κ3) is 5.50. The molecule has 0 unspecified atom stereocenters. The Labute approximate surface area is 222 Å². The molecular formula is C29H36N4O3S. The number of hydrogen-bond donors (Lipinski definition) is 1. The first-order chi connectivity index (χ1) is 17.8. The van der Waals surface area contributed by atoms with Crippen LogP contribution in [0.5, 0.6) is 5.88 Å². The molecule has 0 atom stereocenters. The van der Waals surface area contributed by atoms with Crippen LogP contribution in [0.15, 0.2) is 29.2 Å². The van der Waals surface area contributed by atoms with Crippen LogP contribution in [0.25, 0.3) is 0 Å². The van der Waals surface area contributed by atoms with Gasteiger partial charge in [-0.05, 0) is 87.9 Å². The van der Waals surface area contributed by atoms with Gasteiger partial charge in [0.2, 0.25) is 5.88 Å². The minimum Gasteiger partial charge on any atom is -0.481 e. The Kier molecular flexibility index (Phi) is 7.49. The van der Waals surface area contributed by atoms with Crippen molar-refractivity contribution in [2.24, 2.45) is 5.92 Å². The highest BCUT2D eigenvalue weighted by Crippen LogP contribution is 2.36. The van der Waals surface area contributed by atoms with Crippen molar-refractivity contribution in [3.63, 3.8) is 0 Å². The van der Waals surface area contributed by atoms with Crippen LogP contribution in [0.3, 0.4) is 0 Å². The van der Waals surface area contributed by atoms with E-state index in [1.807, 2.05) is 48.4 Å². The predicted octanol–water partition coefficient (Wildman–Crippen LogP) is 4.42. The number of H-pyrrole nitrogens is 1. The Morgan fingerprint density at radius 3 is 2.62 bits per heavy atom. The Hall–Kier alpha value is -2.97. The Morgan fingerprint density at radius 2 is 1.89 bits per heavy atom. The van der Waals surface area contributed by atoms with Crippen molar-refractivity contribution in [3.05, 3.63) is 78.0 Å². The summed E-state index contributed by atoms with van der Waals surface area (Å²) in [7, 11) is 1.65. The topological polar surface area (TPSA) is 78.5 Å². The number of likely N-dealkylation sites (tertiary alicyclic amines) is 1. The van der Waals surface area contributed by atoms with Crippen LogP contribution in [-0.4, -0.2) is 52.4 Å². The van der Waals surface area contributed by atoms with Gasteiger partial charge in [-0.25, -0.2) is 4.98 Å². The number of aromatic nitrogens is 2. The fourth-order valence-electron chi connectivity index (χ4n) is 5.72. The van der Waals surface area contributed by atoms with Crippen molar-refractivity contribution in [1.82, 2.24) is 19.8 Å². The van der Waals surface area contributed by atoms with Gasteiger partial charge >= 0.3 is 0 Å². The molecule has 0 aliphatic carbocycles. The maximum Gasteiger partial charge on any atom is 0.255 e. The molecule has 5 rings (SSSR count). The number of aryl methyl sites for hydroxylation is 2. The largest absolute Gasteiger partial charge is 0.481 e. The lowest BCUT2D eigenvalue weighted by Crippen LogP contribution is -2.38. The molecule has 1 N–H and O–H groups in total. The normalized spacial score (nSPS) is 16.8. The number of carbonyl (C=O) groups is 1. The number of ether oxygens (including phenoxy) is 1. The highest BCUT2D eigenvalue weighted by molar-refractivity contribution is 7.12. The van der Waals surface area contributed by atoms with Gasteiger partial charge in [0.15, 0.2) is 0 Å². The fourth-order valence-corrected chi connectivity index (χ4v) is 7.13. The number of piperidine rings is 1. The van der Waals surface area contributed by atoms with E-state index < -0.39 is 0 Å². The van der Waals surface area contributed by atoms with E-state index in [1.54, 1.807) is 7.11 Å². The first kappa shape index (κ1) is 25.7. The molecule has 0 radical (unpaired) electrons.